The Morgan fingerprint density at radius 2 is 2.00 bits per heavy atom. The molecule has 0 unspecified atom stereocenters. The van der Waals surface area contributed by atoms with E-state index in [0.29, 0.717) is 11.4 Å². The predicted octanol–water partition coefficient (Wildman–Crippen LogP) is 3.48. The molecule has 0 aliphatic heterocycles. The summed E-state index contributed by atoms with van der Waals surface area (Å²) in [5, 5.41) is 10.1. The largest absolute Gasteiger partial charge is 0.341 e. The van der Waals surface area contributed by atoms with E-state index >= 15 is 0 Å². The summed E-state index contributed by atoms with van der Waals surface area (Å²) < 4.78 is 0. The van der Waals surface area contributed by atoms with Crippen molar-refractivity contribution >= 4 is 16.9 Å². The van der Waals surface area contributed by atoms with Crippen molar-refractivity contribution in [3.05, 3.63) is 66.4 Å². The van der Waals surface area contributed by atoms with Crippen molar-refractivity contribution < 1.29 is 4.79 Å². The van der Waals surface area contributed by atoms with Gasteiger partial charge in [-0.15, -0.1) is 0 Å². The molecule has 3 heterocycles. The van der Waals surface area contributed by atoms with Crippen LogP contribution in [0.25, 0.3) is 22.3 Å². The highest BCUT2D eigenvalue weighted by Gasteiger charge is 2.23. The van der Waals surface area contributed by atoms with E-state index in [4.69, 9.17) is 0 Å². The number of rotatable bonds is 5. The van der Waals surface area contributed by atoms with Crippen LogP contribution in [0.4, 0.5) is 0 Å². The lowest BCUT2D eigenvalue weighted by Gasteiger charge is -2.19. The van der Waals surface area contributed by atoms with Crippen molar-refractivity contribution in [3.63, 3.8) is 0 Å². The zero-order valence-corrected chi connectivity index (χ0v) is 15.1. The van der Waals surface area contributed by atoms with Gasteiger partial charge >= 0.3 is 0 Å². The van der Waals surface area contributed by atoms with Crippen molar-refractivity contribution in [3.8, 4) is 11.3 Å². The number of nitrogens with one attached hydrogen (secondary N) is 3. The highest BCUT2D eigenvalue weighted by atomic mass is 16.2. The summed E-state index contributed by atoms with van der Waals surface area (Å²) in [4.78, 5) is 24.8. The number of aromatic amines is 2. The van der Waals surface area contributed by atoms with Crippen LogP contribution < -0.4 is 5.32 Å². The molecule has 0 saturated carbocycles. The summed E-state index contributed by atoms with van der Waals surface area (Å²) in [7, 11) is 0. The number of H-pyrrole nitrogens is 2. The van der Waals surface area contributed by atoms with Crippen LogP contribution in [0.3, 0.4) is 0 Å². The van der Waals surface area contributed by atoms with E-state index in [9.17, 15) is 4.79 Å². The molecule has 0 radical (unpaired) electrons. The van der Waals surface area contributed by atoms with Gasteiger partial charge in [-0.1, -0.05) is 26.0 Å². The molecule has 1 atom stereocenters. The molecule has 4 aromatic rings. The van der Waals surface area contributed by atoms with Crippen LogP contribution in [0.5, 0.6) is 0 Å². The standard InChI is InChI=1S/C20H20N6O/c1-12(2)18(19-22-14-7-3-4-8-15(14)23-19)24-20(27)17-10-16(25-26-17)13-6-5-9-21-11-13/h3-12,18H,1-2H3,(H,22,23)(H,24,27)(H,25,26)/t18-/m0/s1. The van der Waals surface area contributed by atoms with Crippen molar-refractivity contribution in [2.75, 3.05) is 0 Å². The highest BCUT2D eigenvalue weighted by molar-refractivity contribution is 5.93. The third kappa shape index (κ3) is 3.44. The number of hydrogen-bond acceptors (Lipinski definition) is 4. The molecule has 0 fully saturated rings. The van der Waals surface area contributed by atoms with Crippen LogP contribution in [-0.2, 0) is 0 Å². The van der Waals surface area contributed by atoms with Gasteiger partial charge in [0.1, 0.15) is 11.5 Å². The van der Waals surface area contributed by atoms with Crippen molar-refractivity contribution in [1.29, 1.82) is 0 Å². The Hall–Kier alpha value is -3.48. The monoisotopic (exact) mass is 360 g/mol. The van der Waals surface area contributed by atoms with Gasteiger partial charge in [0.25, 0.3) is 5.91 Å². The van der Waals surface area contributed by atoms with Crippen LogP contribution in [0, 0.1) is 5.92 Å². The smallest absolute Gasteiger partial charge is 0.269 e. The predicted molar refractivity (Wildman–Crippen MR) is 103 cm³/mol. The average Bonchev–Trinajstić information content (AvgIpc) is 3.33. The van der Waals surface area contributed by atoms with E-state index in [1.807, 2.05) is 50.2 Å². The Morgan fingerprint density at radius 1 is 1.15 bits per heavy atom. The number of nitrogens with zero attached hydrogens (tertiary/aromatic N) is 3. The number of benzene rings is 1. The van der Waals surface area contributed by atoms with Crippen LogP contribution in [-0.4, -0.2) is 31.1 Å². The molecule has 0 aliphatic rings. The fourth-order valence-electron chi connectivity index (χ4n) is 2.99. The summed E-state index contributed by atoms with van der Waals surface area (Å²) >= 11 is 0. The minimum atomic E-state index is -0.241. The third-order valence-electron chi connectivity index (χ3n) is 4.44. The number of para-hydroxylation sites is 2. The maximum Gasteiger partial charge on any atom is 0.269 e. The van der Waals surface area contributed by atoms with Gasteiger partial charge in [-0.05, 0) is 36.2 Å². The molecule has 7 nitrogen and oxygen atoms in total. The molecule has 27 heavy (non-hydrogen) atoms. The van der Waals surface area contributed by atoms with E-state index in [1.165, 1.54) is 0 Å². The van der Waals surface area contributed by atoms with Crippen molar-refractivity contribution in [2.24, 2.45) is 5.92 Å². The molecule has 3 N–H and O–H groups in total. The van der Waals surface area contributed by atoms with E-state index in [0.717, 1.165) is 22.4 Å². The highest BCUT2D eigenvalue weighted by Crippen LogP contribution is 2.23. The van der Waals surface area contributed by atoms with Gasteiger partial charge in [0.2, 0.25) is 0 Å². The molecule has 136 valence electrons. The summed E-state index contributed by atoms with van der Waals surface area (Å²) in [6.07, 6.45) is 3.41. The average molecular weight is 360 g/mol. The Labute approximate surface area is 156 Å². The molecule has 4 rings (SSSR count). The van der Waals surface area contributed by atoms with Crippen molar-refractivity contribution in [1.82, 2.24) is 30.5 Å². The molecular weight excluding hydrogens is 340 g/mol. The van der Waals surface area contributed by atoms with Crippen LogP contribution in [0.15, 0.2) is 54.9 Å². The Kier molecular flexibility index (Phi) is 4.42. The fourth-order valence-corrected chi connectivity index (χ4v) is 2.99. The Morgan fingerprint density at radius 3 is 2.74 bits per heavy atom. The molecule has 0 bridgehead atoms. The summed E-state index contributed by atoms with van der Waals surface area (Å²) in [6.45, 7) is 4.10. The molecule has 1 aromatic carbocycles. The van der Waals surface area contributed by atoms with E-state index in [1.54, 1.807) is 18.5 Å². The maximum atomic E-state index is 12.8. The van der Waals surface area contributed by atoms with E-state index in [-0.39, 0.29) is 17.9 Å². The summed E-state index contributed by atoms with van der Waals surface area (Å²) in [6, 6.07) is 13.0. The fraction of sp³-hybridized carbons (Fsp3) is 0.200. The number of carbonyl (C=O) groups is 1. The number of carbonyl (C=O) groups excluding carboxylic acids is 1. The Balaban J connectivity index is 1.57. The van der Waals surface area contributed by atoms with Crippen molar-refractivity contribution in [2.45, 2.75) is 19.9 Å². The first-order valence-electron chi connectivity index (χ1n) is 8.83. The number of hydrogen-bond donors (Lipinski definition) is 3. The molecule has 3 aromatic heterocycles. The lowest BCUT2D eigenvalue weighted by molar-refractivity contribution is 0.0918. The van der Waals surface area contributed by atoms with E-state index < -0.39 is 0 Å². The SMILES string of the molecule is CC(C)[C@H](NC(=O)c1cc(-c2cccnc2)n[nH]1)c1nc2ccccc2[nH]1. The molecule has 0 spiro atoms. The zero-order valence-electron chi connectivity index (χ0n) is 15.1. The zero-order chi connectivity index (χ0) is 18.8. The molecule has 1 amide bonds. The van der Waals surface area contributed by atoms with Crippen LogP contribution in [0.1, 0.15) is 36.2 Å². The second kappa shape index (κ2) is 7.03. The Bertz CT molecular complexity index is 1030. The van der Waals surface area contributed by atoms with Gasteiger partial charge in [0, 0.05) is 18.0 Å². The molecule has 0 saturated heterocycles. The van der Waals surface area contributed by atoms with Gasteiger partial charge in [-0.25, -0.2) is 4.98 Å². The van der Waals surface area contributed by atoms with Gasteiger partial charge in [-0.2, -0.15) is 5.10 Å². The number of aromatic nitrogens is 5. The number of pyridine rings is 1. The lowest BCUT2D eigenvalue weighted by Crippen LogP contribution is -2.32. The van der Waals surface area contributed by atoms with Gasteiger partial charge < -0.3 is 10.3 Å². The topological polar surface area (TPSA) is 99.3 Å². The second-order valence-electron chi connectivity index (χ2n) is 6.74. The van der Waals surface area contributed by atoms with Crippen LogP contribution >= 0.6 is 0 Å². The first kappa shape index (κ1) is 17.0. The first-order chi connectivity index (χ1) is 13.1. The number of amides is 1. The van der Waals surface area contributed by atoms with Gasteiger partial charge in [-0.3, -0.25) is 14.9 Å². The lowest BCUT2D eigenvalue weighted by atomic mass is 10.0. The first-order valence-corrected chi connectivity index (χ1v) is 8.83. The minimum absolute atomic E-state index is 0.162. The molecule has 0 aliphatic carbocycles. The minimum Gasteiger partial charge on any atom is -0.341 e. The molecule has 7 heteroatoms. The number of fused-ring (bicyclic) bond motifs is 1. The molecular formula is C20H20N6O. The summed E-state index contributed by atoms with van der Waals surface area (Å²) in [5.41, 5.74) is 3.76. The van der Waals surface area contributed by atoms with Crippen LogP contribution in [0.2, 0.25) is 0 Å². The van der Waals surface area contributed by atoms with Gasteiger partial charge in [0.15, 0.2) is 0 Å². The van der Waals surface area contributed by atoms with Gasteiger partial charge in [0.05, 0.1) is 22.8 Å². The normalized spacial score (nSPS) is 12.4. The van der Waals surface area contributed by atoms with E-state index in [2.05, 4.69) is 30.5 Å². The second-order valence-corrected chi connectivity index (χ2v) is 6.74. The summed E-state index contributed by atoms with van der Waals surface area (Å²) in [5.74, 6) is 0.679. The maximum absolute atomic E-state index is 12.8. The quantitative estimate of drug-likeness (QED) is 0.507. The third-order valence-corrected chi connectivity index (χ3v) is 4.44. The number of imidazole rings is 1.